The molecule has 1 aliphatic heterocycles. The molecule has 0 aliphatic carbocycles. The van der Waals surface area contributed by atoms with Crippen molar-refractivity contribution in [2.75, 3.05) is 17.2 Å². The van der Waals surface area contributed by atoms with Gasteiger partial charge in [-0.1, -0.05) is 0 Å². The van der Waals surface area contributed by atoms with Crippen molar-refractivity contribution < 1.29 is 17.6 Å². The molecule has 1 heterocycles. The van der Waals surface area contributed by atoms with Crippen molar-refractivity contribution in [2.45, 2.75) is 6.42 Å². The number of carbonyl (C=O) groups is 1. The molecule has 2 N–H and O–H groups in total. The van der Waals surface area contributed by atoms with Gasteiger partial charge < -0.3 is 4.90 Å². The van der Waals surface area contributed by atoms with Crippen LogP contribution in [-0.2, 0) is 14.8 Å². The van der Waals surface area contributed by atoms with Crippen LogP contribution in [0.5, 0.6) is 0 Å². The van der Waals surface area contributed by atoms with Gasteiger partial charge >= 0.3 is 0 Å². The monoisotopic (exact) mass is 297 g/mol. The fourth-order valence-corrected chi connectivity index (χ4v) is 3.12. The molecule has 8 heteroatoms. The summed E-state index contributed by atoms with van der Waals surface area (Å²) in [4.78, 5) is 13.2. The molecule has 1 fully saturated rings. The van der Waals surface area contributed by atoms with Gasteiger partial charge in [-0.25, -0.2) is 17.9 Å². The van der Waals surface area contributed by atoms with Gasteiger partial charge in [0.15, 0.2) is 0 Å². The molecule has 1 aliphatic rings. The third-order valence-corrected chi connectivity index (χ3v) is 3.99. The first-order valence-electron chi connectivity index (χ1n) is 5.80. The summed E-state index contributed by atoms with van der Waals surface area (Å²) in [5.41, 5.74) is 0.218. The lowest BCUT2D eigenvalue weighted by Gasteiger charge is -2.17. The summed E-state index contributed by atoms with van der Waals surface area (Å²) in [7, 11) is -3.65. The number of anilines is 1. The highest BCUT2D eigenvalue weighted by molar-refractivity contribution is 7.89. The van der Waals surface area contributed by atoms with E-state index in [1.165, 1.54) is 17.0 Å². The van der Waals surface area contributed by atoms with Crippen LogP contribution in [-0.4, -0.2) is 26.6 Å². The normalized spacial score (nSPS) is 19.1. The van der Waals surface area contributed by atoms with E-state index in [2.05, 4.69) is 0 Å². The SMILES string of the molecule is N#Cc1cc(N2CC(CS(N)(=O)=O)CC2=O)ccc1F. The second kappa shape index (κ2) is 5.19. The van der Waals surface area contributed by atoms with Crippen LogP contribution in [0.15, 0.2) is 18.2 Å². The van der Waals surface area contributed by atoms with Crippen molar-refractivity contribution in [1.29, 1.82) is 5.26 Å². The minimum Gasteiger partial charge on any atom is -0.312 e. The zero-order chi connectivity index (χ0) is 14.9. The molecule has 0 spiro atoms. The summed E-state index contributed by atoms with van der Waals surface area (Å²) >= 11 is 0. The molecular formula is C12H12FN3O3S. The highest BCUT2D eigenvalue weighted by atomic mass is 32.2. The van der Waals surface area contributed by atoms with Gasteiger partial charge in [-0.2, -0.15) is 5.26 Å². The van der Waals surface area contributed by atoms with E-state index in [1.54, 1.807) is 6.07 Å². The number of hydrogen-bond donors (Lipinski definition) is 1. The molecule has 0 bridgehead atoms. The Bertz CT molecular complexity index is 696. The molecule has 1 aromatic carbocycles. The van der Waals surface area contributed by atoms with E-state index >= 15 is 0 Å². The number of nitriles is 1. The zero-order valence-electron chi connectivity index (χ0n) is 10.4. The van der Waals surface area contributed by atoms with Crippen molar-refractivity contribution in [3.05, 3.63) is 29.6 Å². The zero-order valence-corrected chi connectivity index (χ0v) is 11.2. The summed E-state index contributed by atoms with van der Waals surface area (Å²) in [6, 6.07) is 5.45. The predicted octanol–water partition coefficient (Wildman–Crippen LogP) is 0.339. The Morgan fingerprint density at radius 3 is 2.80 bits per heavy atom. The van der Waals surface area contributed by atoms with Crippen LogP contribution in [0.25, 0.3) is 0 Å². The first kappa shape index (κ1) is 14.4. The minimum absolute atomic E-state index is 0.0652. The number of primary sulfonamides is 1. The molecule has 0 saturated carbocycles. The topological polar surface area (TPSA) is 104 Å². The van der Waals surface area contributed by atoms with Crippen LogP contribution < -0.4 is 10.0 Å². The van der Waals surface area contributed by atoms with Gasteiger partial charge in [0.25, 0.3) is 0 Å². The van der Waals surface area contributed by atoms with Crippen LogP contribution in [0.2, 0.25) is 0 Å². The van der Waals surface area contributed by atoms with E-state index in [-0.39, 0.29) is 30.2 Å². The third kappa shape index (κ3) is 3.12. The number of benzene rings is 1. The van der Waals surface area contributed by atoms with Crippen molar-refractivity contribution in [3.63, 3.8) is 0 Å². The lowest BCUT2D eigenvalue weighted by Crippen LogP contribution is -2.27. The second-order valence-electron chi connectivity index (χ2n) is 4.68. The lowest BCUT2D eigenvalue weighted by atomic mass is 10.1. The standard InChI is InChI=1S/C12H12FN3O3S/c13-11-2-1-10(4-9(11)5-14)16-6-8(3-12(16)17)7-20(15,18)19/h1-2,4,8H,3,6-7H2,(H2,15,18,19). The number of amides is 1. The summed E-state index contributed by atoms with van der Waals surface area (Å²) in [5, 5.41) is 13.7. The van der Waals surface area contributed by atoms with E-state index in [4.69, 9.17) is 10.4 Å². The smallest absolute Gasteiger partial charge is 0.227 e. The fraction of sp³-hybridized carbons (Fsp3) is 0.333. The summed E-state index contributed by atoms with van der Waals surface area (Å²) < 4.78 is 35.3. The van der Waals surface area contributed by atoms with Gasteiger partial charge in [0.05, 0.1) is 11.3 Å². The Labute approximate surface area is 115 Å². The van der Waals surface area contributed by atoms with E-state index < -0.39 is 21.8 Å². The first-order valence-corrected chi connectivity index (χ1v) is 7.52. The van der Waals surface area contributed by atoms with E-state index in [1.807, 2.05) is 0 Å². The molecular weight excluding hydrogens is 285 g/mol. The molecule has 106 valence electrons. The number of nitrogens with zero attached hydrogens (tertiary/aromatic N) is 2. The maximum atomic E-state index is 13.2. The Morgan fingerprint density at radius 1 is 1.50 bits per heavy atom. The van der Waals surface area contributed by atoms with E-state index in [9.17, 15) is 17.6 Å². The van der Waals surface area contributed by atoms with Crippen molar-refractivity contribution in [1.82, 2.24) is 0 Å². The molecule has 6 nitrogen and oxygen atoms in total. The average molecular weight is 297 g/mol. The Balaban J connectivity index is 2.22. The molecule has 20 heavy (non-hydrogen) atoms. The number of carbonyl (C=O) groups excluding carboxylic acids is 1. The maximum absolute atomic E-state index is 13.2. The van der Waals surface area contributed by atoms with Gasteiger partial charge in [0.2, 0.25) is 15.9 Å². The van der Waals surface area contributed by atoms with Crippen LogP contribution in [0.1, 0.15) is 12.0 Å². The molecule has 2 rings (SSSR count). The second-order valence-corrected chi connectivity index (χ2v) is 6.34. The molecule has 1 amide bonds. The maximum Gasteiger partial charge on any atom is 0.227 e. The largest absolute Gasteiger partial charge is 0.312 e. The molecule has 1 saturated heterocycles. The molecule has 0 radical (unpaired) electrons. The number of nitrogens with two attached hydrogens (primary N) is 1. The van der Waals surface area contributed by atoms with Gasteiger partial charge in [-0.05, 0) is 18.2 Å². The number of sulfonamides is 1. The van der Waals surface area contributed by atoms with Crippen molar-refractivity contribution in [2.24, 2.45) is 11.1 Å². The first-order chi connectivity index (χ1) is 9.30. The van der Waals surface area contributed by atoms with E-state index in [0.717, 1.165) is 6.07 Å². The Hall–Kier alpha value is -1.98. The molecule has 0 aromatic heterocycles. The molecule has 1 unspecified atom stereocenters. The number of rotatable bonds is 3. The third-order valence-electron chi connectivity index (χ3n) is 3.06. The Morgan fingerprint density at radius 2 is 2.20 bits per heavy atom. The quantitative estimate of drug-likeness (QED) is 0.868. The highest BCUT2D eigenvalue weighted by Crippen LogP contribution is 2.27. The number of hydrogen-bond acceptors (Lipinski definition) is 4. The van der Waals surface area contributed by atoms with Crippen LogP contribution >= 0.6 is 0 Å². The van der Waals surface area contributed by atoms with Gasteiger partial charge in [-0.3, -0.25) is 4.79 Å². The van der Waals surface area contributed by atoms with Crippen LogP contribution in [0.4, 0.5) is 10.1 Å². The highest BCUT2D eigenvalue weighted by Gasteiger charge is 2.33. The van der Waals surface area contributed by atoms with Crippen molar-refractivity contribution >= 4 is 21.6 Å². The van der Waals surface area contributed by atoms with E-state index in [0.29, 0.717) is 5.69 Å². The summed E-state index contributed by atoms with van der Waals surface area (Å²) in [5.74, 6) is -1.60. The number of halogens is 1. The summed E-state index contributed by atoms with van der Waals surface area (Å²) in [6.07, 6.45) is 0.0652. The summed E-state index contributed by atoms with van der Waals surface area (Å²) in [6.45, 7) is 0.186. The van der Waals surface area contributed by atoms with Crippen LogP contribution in [0.3, 0.4) is 0 Å². The van der Waals surface area contributed by atoms with Crippen molar-refractivity contribution in [3.8, 4) is 6.07 Å². The van der Waals surface area contributed by atoms with Crippen LogP contribution in [0, 0.1) is 23.1 Å². The fourth-order valence-electron chi connectivity index (χ4n) is 2.24. The molecule has 1 aromatic rings. The predicted molar refractivity (Wildman–Crippen MR) is 69.5 cm³/mol. The Kier molecular flexibility index (Phi) is 3.74. The average Bonchev–Trinajstić information content (AvgIpc) is 2.68. The van der Waals surface area contributed by atoms with Gasteiger partial charge in [0.1, 0.15) is 11.9 Å². The molecule has 1 atom stereocenters. The minimum atomic E-state index is -3.65. The van der Waals surface area contributed by atoms with Gasteiger partial charge in [0, 0.05) is 24.6 Å². The lowest BCUT2D eigenvalue weighted by molar-refractivity contribution is -0.117. The van der Waals surface area contributed by atoms with Gasteiger partial charge in [-0.15, -0.1) is 0 Å².